The maximum atomic E-state index is 5.31. The summed E-state index contributed by atoms with van der Waals surface area (Å²) in [4.78, 5) is 7.74. The standard InChI is InChI=1S/C46H32N2S/c1-46(2)36-18-8-11-21-39(36)48(40-22-12-9-19-37(40)46)31-26-24-29(25-27-31)34-28-35-42(43-33-17-7-13-23-41(33)49-45(34)43)32-16-6-10-20-38(32)47-44(35)30-14-4-3-5-15-30/h3-28H,1-2H3. The molecule has 0 spiro atoms. The molecule has 0 aliphatic carbocycles. The van der Waals surface area contributed by atoms with Crippen molar-refractivity contribution in [2.75, 3.05) is 4.90 Å². The summed E-state index contributed by atoms with van der Waals surface area (Å²) in [5, 5.41) is 6.26. The summed E-state index contributed by atoms with van der Waals surface area (Å²) < 4.78 is 2.61. The Morgan fingerprint density at radius 1 is 0.531 bits per heavy atom. The smallest absolute Gasteiger partial charge is 0.0788 e. The molecular formula is C46H32N2S. The predicted octanol–water partition coefficient (Wildman–Crippen LogP) is 13.2. The van der Waals surface area contributed by atoms with Crippen LogP contribution in [0.2, 0.25) is 0 Å². The zero-order valence-electron chi connectivity index (χ0n) is 27.3. The highest BCUT2D eigenvalue weighted by atomic mass is 32.1. The molecule has 2 nitrogen and oxygen atoms in total. The summed E-state index contributed by atoms with van der Waals surface area (Å²) >= 11 is 1.89. The molecule has 2 aromatic heterocycles. The highest BCUT2D eigenvalue weighted by Gasteiger charge is 2.36. The van der Waals surface area contributed by atoms with Crippen molar-refractivity contribution in [3.8, 4) is 22.4 Å². The third-order valence-electron chi connectivity index (χ3n) is 10.4. The second-order valence-electron chi connectivity index (χ2n) is 13.5. The second kappa shape index (κ2) is 10.6. The van der Waals surface area contributed by atoms with E-state index < -0.39 is 0 Å². The monoisotopic (exact) mass is 644 g/mol. The number of benzene rings is 7. The fraction of sp³-hybridized carbons (Fsp3) is 0.0652. The van der Waals surface area contributed by atoms with E-state index in [-0.39, 0.29) is 5.41 Å². The summed E-state index contributed by atoms with van der Waals surface area (Å²) in [6.07, 6.45) is 0. The van der Waals surface area contributed by atoms with Crippen LogP contribution in [0.25, 0.3) is 64.2 Å². The van der Waals surface area contributed by atoms with Gasteiger partial charge >= 0.3 is 0 Å². The molecule has 0 fully saturated rings. The number of pyridine rings is 1. The Balaban J connectivity index is 1.24. The lowest BCUT2D eigenvalue weighted by molar-refractivity contribution is 0.632. The Morgan fingerprint density at radius 3 is 1.88 bits per heavy atom. The molecule has 0 N–H and O–H groups in total. The van der Waals surface area contributed by atoms with Gasteiger partial charge in [0.2, 0.25) is 0 Å². The molecule has 0 amide bonds. The Labute approximate surface area is 289 Å². The van der Waals surface area contributed by atoms with E-state index in [4.69, 9.17) is 4.98 Å². The van der Waals surface area contributed by atoms with E-state index in [0.29, 0.717) is 0 Å². The highest BCUT2D eigenvalue weighted by Crippen LogP contribution is 2.52. The molecular weight excluding hydrogens is 613 g/mol. The van der Waals surface area contributed by atoms with Crippen molar-refractivity contribution in [1.29, 1.82) is 0 Å². The van der Waals surface area contributed by atoms with Crippen LogP contribution >= 0.6 is 11.3 Å². The van der Waals surface area contributed by atoms with Crippen LogP contribution in [0.5, 0.6) is 0 Å². The summed E-state index contributed by atoms with van der Waals surface area (Å²) in [5.41, 5.74) is 11.8. The van der Waals surface area contributed by atoms with Crippen LogP contribution in [-0.2, 0) is 5.41 Å². The first kappa shape index (κ1) is 28.3. The average molecular weight is 645 g/mol. The Hall–Kier alpha value is -5.77. The lowest BCUT2D eigenvalue weighted by Gasteiger charge is -2.42. The first-order valence-corrected chi connectivity index (χ1v) is 17.7. The first-order chi connectivity index (χ1) is 24.1. The molecule has 1 aliphatic rings. The second-order valence-corrected chi connectivity index (χ2v) is 14.6. The van der Waals surface area contributed by atoms with Gasteiger partial charge in [0.05, 0.1) is 22.6 Å². The van der Waals surface area contributed by atoms with Crippen LogP contribution in [0, 0.1) is 0 Å². The van der Waals surface area contributed by atoms with Crippen molar-refractivity contribution in [3.05, 3.63) is 169 Å². The number of fused-ring (bicyclic) bond motifs is 9. The minimum atomic E-state index is -0.0871. The molecule has 49 heavy (non-hydrogen) atoms. The molecule has 0 saturated heterocycles. The van der Waals surface area contributed by atoms with Gasteiger partial charge in [-0.1, -0.05) is 129 Å². The number of thiophene rings is 1. The minimum absolute atomic E-state index is 0.0871. The van der Waals surface area contributed by atoms with E-state index in [1.807, 2.05) is 11.3 Å². The Bertz CT molecular complexity index is 2690. The van der Waals surface area contributed by atoms with Crippen molar-refractivity contribution in [3.63, 3.8) is 0 Å². The predicted molar refractivity (Wildman–Crippen MR) is 210 cm³/mol. The van der Waals surface area contributed by atoms with Crippen LogP contribution in [0.4, 0.5) is 17.1 Å². The van der Waals surface area contributed by atoms with E-state index in [1.165, 1.54) is 70.0 Å². The van der Waals surface area contributed by atoms with Gasteiger partial charge in [-0.25, -0.2) is 4.98 Å². The Kier molecular flexibility index (Phi) is 6.12. The number of nitrogens with zero attached hydrogens (tertiary/aromatic N) is 2. The van der Waals surface area contributed by atoms with Crippen molar-refractivity contribution in [1.82, 2.24) is 4.98 Å². The average Bonchev–Trinajstić information content (AvgIpc) is 3.55. The molecule has 0 unspecified atom stereocenters. The molecule has 1 aliphatic heterocycles. The molecule has 232 valence electrons. The molecule has 0 radical (unpaired) electrons. The number of aromatic nitrogens is 1. The lowest BCUT2D eigenvalue weighted by Crippen LogP contribution is -2.30. The van der Waals surface area contributed by atoms with Crippen molar-refractivity contribution < 1.29 is 0 Å². The zero-order chi connectivity index (χ0) is 32.7. The molecule has 3 heterocycles. The highest BCUT2D eigenvalue weighted by molar-refractivity contribution is 7.26. The van der Waals surface area contributed by atoms with Crippen molar-refractivity contribution in [2.24, 2.45) is 0 Å². The normalized spacial score (nSPS) is 13.6. The van der Waals surface area contributed by atoms with E-state index in [2.05, 4.69) is 176 Å². The van der Waals surface area contributed by atoms with Gasteiger partial charge in [-0.2, -0.15) is 0 Å². The number of hydrogen-bond donors (Lipinski definition) is 0. The number of hydrogen-bond acceptors (Lipinski definition) is 3. The zero-order valence-corrected chi connectivity index (χ0v) is 28.1. The fourth-order valence-electron chi connectivity index (χ4n) is 8.10. The molecule has 0 bridgehead atoms. The number of para-hydroxylation sites is 3. The summed E-state index contributed by atoms with van der Waals surface area (Å²) in [7, 11) is 0. The van der Waals surface area contributed by atoms with Gasteiger partial charge in [0.1, 0.15) is 0 Å². The van der Waals surface area contributed by atoms with Crippen molar-refractivity contribution >= 4 is 70.2 Å². The molecule has 3 heteroatoms. The fourth-order valence-corrected chi connectivity index (χ4v) is 9.35. The van der Waals surface area contributed by atoms with Gasteiger partial charge < -0.3 is 4.90 Å². The maximum Gasteiger partial charge on any atom is 0.0788 e. The number of rotatable bonds is 3. The van der Waals surface area contributed by atoms with Gasteiger partial charge in [0.15, 0.2) is 0 Å². The SMILES string of the molecule is CC1(C)c2ccccc2N(c2ccc(-c3cc4c(-c5ccccc5)nc5ccccc5c4c4c3sc3ccccc34)cc2)c2ccccc21. The van der Waals surface area contributed by atoms with Crippen LogP contribution < -0.4 is 4.90 Å². The molecule has 7 aromatic carbocycles. The van der Waals surface area contributed by atoms with Crippen LogP contribution in [0.1, 0.15) is 25.0 Å². The first-order valence-electron chi connectivity index (χ1n) is 16.9. The van der Waals surface area contributed by atoms with E-state index in [9.17, 15) is 0 Å². The quantitative estimate of drug-likeness (QED) is 0.178. The van der Waals surface area contributed by atoms with Crippen molar-refractivity contribution in [2.45, 2.75) is 19.3 Å². The summed E-state index contributed by atoms with van der Waals surface area (Å²) in [6.45, 7) is 4.67. The third kappa shape index (κ3) is 4.16. The van der Waals surface area contributed by atoms with Gasteiger partial charge in [0.25, 0.3) is 0 Å². The molecule has 9 aromatic rings. The van der Waals surface area contributed by atoms with E-state index >= 15 is 0 Å². The van der Waals surface area contributed by atoms with Crippen LogP contribution in [-0.4, -0.2) is 4.98 Å². The van der Waals surface area contributed by atoms with E-state index in [1.54, 1.807) is 0 Å². The Morgan fingerprint density at radius 2 is 1.14 bits per heavy atom. The summed E-state index contributed by atoms with van der Waals surface area (Å²) in [5.74, 6) is 0. The van der Waals surface area contributed by atoms with Gasteiger partial charge in [0, 0.05) is 58.6 Å². The maximum absolute atomic E-state index is 5.31. The largest absolute Gasteiger partial charge is 0.310 e. The van der Waals surface area contributed by atoms with Crippen LogP contribution in [0.3, 0.4) is 0 Å². The molecule has 0 saturated carbocycles. The van der Waals surface area contributed by atoms with Crippen LogP contribution in [0.15, 0.2) is 158 Å². The minimum Gasteiger partial charge on any atom is -0.310 e. The topological polar surface area (TPSA) is 16.1 Å². The lowest BCUT2D eigenvalue weighted by atomic mass is 9.73. The molecule has 0 atom stereocenters. The van der Waals surface area contributed by atoms with Gasteiger partial charge in [-0.15, -0.1) is 11.3 Å². The van der Waals surface area contributed by atoms with Gasteiger partial charge in [-0.3, -0.25) is 0 Å². The third-order valence-corrected chi connectivity index (χ3v) is 11.6. The van der Waals surface area contributed by atoms with Gasteiger partial charge in [-0.05, 0) is 59.2 Å². The summed E-state index contributed by atoms with van der Waals surface area (Å²) in [6, 6.07) is 57.4. The molecule has 10 rings (SSSR count). The van der Waals surface area contributed by atoms with E-state index in [0.717, 1.165) is 22.5 Å². The number of anilines is 3.